The maximum Gasteiger partial charge on any atom is 0.339 e. The fourth-order valence-electron chi connectivity index (χ4n) is 2.23. The van der Waals surface area contributed by atoms with E-state index in [1.54, 1.807) is 0 Å². The molecule has 0 aliphatic rings. The molecule has 0 heterocycles. The Labute approximate surface area is 139 Å². The average molecular weight is 382 g/mol. The van der Waals surface area contributed by atoms with Gasteiger partial charge in [-0.1, -0.05) is 0 Å². The lowest BCUT2D eigenvalue weighted by Gasteiger charge is -2.14. The number of ether oxygens (including phenoxy) is 1. The van der Waals surface area contributed by atoms with E-state index in [9.17, 15) is 30.4 Å². The molecule has 0 bridgehead atoms. The molecule has 0 fully saturated rings. The summed E-state index contributed by atoms with van der Waals surface area (Å²) < 4.78 is 100. The van der Waals surface area contributed by atoms with E-state index in [1.807, 2.05) is 0 Å². The second-order valence-electron chi connectivity index (χ2n) is 5.03. The zero-order valence-corrected chi connectivity index (χ0v) is 13.9. The highest BCUT2D eigenvalue weighted by atomic mass is 32.2. The molecule has 2 rings (SSSR count). The fourth-order valence-corrected chi connectivity index (χ4v) is 3.59. The van der Waals surface area contributed by atoms with E-state index in [1.165, 1.54) is 33.1 Å². The monoisotopic (exact) mass is 382 g/mol. The van der Waals surface area contributed by atoms with Crippen molar-refractivity contribution in [3.8, 4) is 11.5 Å². The Hall–Kier alpha value is -2.36. The van der Waals surface area contributed by atoms with Crippen molar-refractivity contribution in [3.05, 3.63) is 52.3 Å². The van der Waals surface area contributed by atoms with Crippen molar-refractivity contribution in [2.45, 2.75) is 18.7 Å². The molecule has 0 unspecified atom stereocenters. The van der Waals surface area contributed by atoms with Crippen molar-refractivity contribution >= 4 is 10.1 Å². The van der Waals surface area contributed by atoms with Gasteiger partial charge in [-0.2, -0.15) is 17.2 Å². The first kappa shape index (κ1) is 19.0. The molecule has 0 aliphatic carbocycles. The third-order valence-corrected chi connectivity index (χ3v) is 4.81. The van der Waals surface area contributed by atoms with Crippen molar-refractivity contribution in [1.82, 2.24) is 0 Å². The second kappa shape index (κ2) is 6.51. The van der Waals surface area contributed by atoms with Crippen molar-refractivity contribution in [3.63, 3.8) is 0 Å². The average Bonchev–Trinajstić information content (AvgIpc) is 2.54. The molecule has 0 radical (unpaired) electrons. The van der Waals surface area contributed by atoms with Crippen molar-refractivity contribution in [1.29, 1.82) is 0 Å². The minimum absolute atomic E-state index is 0.0979. The Morgan fingerprint density at radius 2 is 1.20 bits per heavy atom. The van der Waals surface area contributed by atoms with Crippen LogP contribution in [0.1, 0.15) is 11.1 Å². The predicted molar refractivity (Wildman–Crippen MR) is 76.5 cm³/mol. The van der Waals surface area contributed by atoms with E-state index in [2.05, 4.69) is 4.18 Å². The summed E-state index contributed by atoms with van der Waals surface area (Å²) in [5.41, 5.74) is 0.196. The van der Waals surface area contributed by atoms with Gasteiger partial charge >= 0.3 is 10.1 Å². The first-order valence-electron chi connectivity index (χ1n) is 6.62. The molecule has 0 aliphatic heterocycles. The number of rotatable bonds is 4. The lowest BCUT2D eigenvalue weighted by molar-refractivity contribution is 0.346. The highest BCUT2D eigenvalue weighted by molar-refractivity contribution is 7.87. The van der Waals surface area contributed by atoms with Crippen LogP contribution >= 0.6 is 0 Å². The number of hydrogen-bond acceptors (Lipinski definition) is 4. The van der Waals surface area contributed by atoms with E-state index in [-0.39, 0.29) is 11.1 Å². The highest BCUT2D eigenvalue weighted by Crippen LogP contribution is 2.33. The lowest BCUT2D eigenvalue weighted by atomic mass is 10.1. The summed E-state index contributed by atoms with van der Waals surface area (Å²) >= 11 is 0. The highest BCUT2D eigenvalue weighted by Gasteiger charge is 2.32. The second-order valence-corrected chi connectivity index (χ2v) is 6.51. The number of benzene rings is 2. The van der Waals surface area contributed by atoms with E-state index in [0.717, 1.165) is 0 Å². The Morgan fingerprint density at radius 3 is 1.60 bits per heavy atom. The van der Waals surface area contributed by atoms with Crippen LogP contribution in [0, 0.1) is 42.9 Å². The lowest BCUT2D eigenvalue weighted by Crippen LogP contribution is -2.16. The van der Waals surface area contributed by atoms with Crippen molar-refractivity contribution in [2.24, 2.45) is 0 Å². The molecule has 2 aromatic carbocycles. The summed E-state index contributed by atoms with van der Waals surface area (Å²) in [6, 6.07) is 2.61. The number of hydrogen-bond donors (Lipinski definition) is 0. The minimum atomic E-state index is -4.88. The molecule has 10 heteroatoms. The summed E-state index contributed by atoms with van der Waals surface area (Å²) in [5, 5.41) is 0. The Kier molecular flexibility index (Phi) is 4.94. The third kappa shape index (κ3) is 3.26. The van der Waals surface area contributed by atoms with Gasteiger partial charge < -0.3 is 8.92 Å². The number of halogens is 5. The van der Waals surface area contributed by atoms with Crippen molar-refractivity contribution in [2.75, 3.05) is 7.11 Å². The Morgan fingerprint density at radius 1 is 0.800 bits per heavy atom. The van der Waals surface area contributed by atoms with E-state index >= 15 is 0 Å². The maximum atomic E-state index is 13.6. The van der Waals surface area contributed by atoms with E-state index in [4.69, 9.17) is 4.74 Å². The summed E-state index contributed by atoms with van der Waals surface area (Å²) in [5.74, 6) is -13.4. The molecule has 136 valence electrons. The summed E-state index contributed by atoms with van der Waals surface area (Å²) in [4.78, 5) is -0.475. The normalized spacial score (nSPS) is 11.5. The van der Waals surface area contributed by atoms with Gasteiger partial charge in [0.25, 0.3) is 0 Å². The van der Waals surface area contributed by atoms with Crippen LogP contribution in [0.25, 0.3) is 0 Å². The molecule has 25 heavy (non-hydrogen) atoms. The van der Waals surface area contributed by atoms with Crippen LogP contribution in [0.3, 0.4) is 0 Å². The van der Waals surface area contributed by atoms with Crippen LogP contribution in [0.2, 0.25) is 0 Å². The standard InChI is InChI=1S/C15H11F5O4S/c1-6-4-8(23-3)5-7(2)15(6)25(21,22)24-14-12(19)10(17)9(16)11(18)13(14)20/h4-5H,1-3H3. The maximum absolute atomic E-state index is 13.6. The topological polar surface area (TPSA) is 52.6 Å². The van der Waals surface area contributed by atoms with Gasteiger partial charge in [0.15, 0.2) is 0 Å². The zero-order valence-electron chi connectivity index (χ0n) is 13.1. The van der Waals surface area contributed by atoms with Gasteiger partial charge in [-0.3, -0.25) is 0 Å². The molecule has 0 amide bonds. The first-order valence-corrected chi connectivity index (χ1v) is 8.03. The van der Waals surface area contributed by atoms with Gasteiger partial charge in [-0.25, -0.2) is 13.2 Å². The number of methoxy groups -OCH3 is 1. The fraction of sp³-hybridized carbons (Fsp3) is 0.200. The molecule has 0 saturated carbocycles. The van der Waals surface area contributed by atoms with E-state index < -0.39 is 49.8 Å². The van der Waals surface area contributed by atoms with Crippen LogP contribution in [0.15, 0.2) is 17.0 Å². The zero-order chi connectivity index (χ0) is 19.1. The number of aryl methyl sites for hydroxylation is 2. The van der Waals surface area contributed by atoms with Gasteiger partial charge in [-0.15, -0.1) is 0 Å². The van der Waals surface area contributed by atoms with Gasteiger partial charge in [0.1, 0.15) is 10.6 Å². The van der Waals surface area contributed by atoms with Gasteiger partial charge in [0, 0.05) is 0 Å². The molecule has 0 atom stereocenters. The van der Waals surface area contributed by atoms with Crippen LogP contribution < -0.4 is 8.92 Å². The summed E-state index contributed by atoms with van der Waals surface area (Å²) in [6.07, 6.45) is 0. The minimum Gasteiger partial charge on any atom is -0.497 e. The van der Waals surface area contributed by atoms with Crippen LogP contribution in [-0.4, -0.2) is 15.5 Å². The molecule has 0 spiro atoms. The van der Waals surface area contributed by atoms with Crippen LogP contribution in [0.5, 0.6) is 11.5 Å². The quantitative estimate of drug-likeness (QED) is 0.350. The first-order chi connectivity index (χ1) is 11.5. The van der Waals surface area contributed by atoms with Crippen molar-refractivity contribution < 1.29 is 39.3 Å². The van der Waals surface area contributed by atoms with Gasteiger partial charge in [0.05, 0.1) is 7.11 Å². The predicted octanol–water partition coefficient (Wildman–Crippen LogP) is 3.78. The Balaban J connectivity index is 2.63. The van der Waals surface area contributed by atoms with Crippen LogP contribution in [0.4, 0.5) is 22.0 Å². The van der Waals surface area contributed by atoms with Gasteiger partial charge in [-0.05, 0) is 37.1 Å². The SMILES string of the molecule is COc1cc(C)c(S(=O)(=O)Oc2c(F)c(F)c(F)c(F)c2F)c(C)c1. The summed E-state index contributed by atoms with van der Waals surface area (Å²) in [7, 11) is -3.54. The molecule has 2 aromatic rings. The van der Waals surface area contributed by atoms with E-state index in [0.29, 0.717) is 5.75 Å². The summed E-state index contributed by atoms with van der Waals surface area (Å²) in [6.45, 7) is 2.70. The molecule has 4 nitrogen and oxygen atoms in total. The molecule has 0 aromatic heterocycles. The molecule has 0 N–H and O–H groups in total. The third-order valence-electron chi connectivity index (χ3n) is 3.28. The Bertz CT molecular complexity index is 905. The van der Waals surface area contributed by atoms with Gasteiger partial charge in [0.2, 0.25) is 34.8 Å². The molecular formula is C15H11F5O4S. The molecular weight excluding hydrogens is 371 g/mol. The van der Waals surface area contributed by atoms with Crippen LogP contribution in [-0.2, 0) is 10.1 Å². The smallest absolute Gasteiger partial charge is 0.339 e. The largest absolute Gasteiger partial charge is 0.497 e. The molecule has 0 saturated heterocycles.